The van der Waals surface area contributed by atoms with Gasteiger partial charge in [0.15, 0.2) is 0 Å². The number of hydrogen-bond acceptors (Lipinski definition) is 6. The van der Waals surface area contributed by atoms with Gasteiger partial charge < -0.3 is 15.4 Å². The van der Waals surface area contributed by atoms with Gasteiger partial charge in [0.1, 0.15) is 22.5 Å². The van der Waals surface area contributed by atoms with Crippen LogP contribution >= 0.6 is 23.2 Å². The minimum atomic E-state index is -4.30. The molecule has 0 spiro atoms. The van der Waals surface area contributed by atoms with E-state index in [9.17, 15) is 18.0 Å². The second-order valence-corrected chi connectivity index (χ2v) is 12.8. The van der Waals surface area contributed by atoms with Crippen LogP contribution in [0, 0.1) is 0 Å². The van der Waals surface area contributed by atoms with Crippen LogP contribution < -0.4 is 10.5 Å². The van der Waals surface area contributed by atoms with E-state index in [1.54, 1.807) is 30.3 Å². The number of unbranched alkanes of at least 4 members (excludes halogenated alkanes) is 1. The number of ether oxygens (including phenoxy) is 1. The Morgan fingerprint density at radius 1 is 1.05 bits per heavy atom. The molecule has 216 valence electrons. The predicted octanol–water partition coefficient (Wildman–Crippen LogP) is 4.38. The summed E-state index contributed by atoms with van der Waals surface area (Å²) in [4.78, 5) is 30.2. The molecule has 2 atom stereocenters. The molecule has 2 aromatic carbocycles. The molecule has 2 amide bonds. The molecule has 2 aromatic rings. The van der Waals surface area contributed by atoms with Gasteiger partial charge in [-0.2, -0.15) is 0 Å². The Bertz CT molecular complexity index is 1400. The van der Waals surface area contributed by atoms with Crippen LogP contribution in [0.15, 0.2) is 59.4 Å². The summed E-state index contributed by atoms with van der Waals surface area (Å²) in [6.07, 6.45) is 3.30. The molecule has 2 aliphatic rings. The highest BCUT2D eigenvalue weighted by Gasteiger charge is 2.50. The Morgan fingerprint density at radius 2 is 1.73 bits per heavy atom. The van der Waals surface area contributed by atoms with Crippen molar-refractivity contribution >= 4 is 45.0 Å². The standard InChI is InChI=1S/C28H34Cl2N4O5S/c1-18(2)32-17-26-33(23(28(32)36)14-19-7-9-20(29)10-8-19)27(35)16-22(6-4-5-13-31)34(26)40(37,38)25-15-21(30)11-12-24(25)39-3/h7-12,15,17-18,22-23H,4-6,13-14,16,31H2,1-3H3. The van der Waals surface area contributed by atoms with Crippen LogP contribution in [0.4, 0.5) is 0 Å². The number of hydrogen-bond donors (Lipinski definition) is 1. The minimum absolute atomic E-state index is 0.0872. The molecule has 2 aliphatic heterocycles. The van der Waals surface area contributed by atoms with Gasteiger partial charge in [-0.3, -0.25) is 14.5 Å². The first-order valence-corrected chi connectivity index (χ1v) is 15.4. The summed E-state index contributed by atoms with van der Waals surface area (Å²) in [7, 11) is -2.92. The Balaban J connectivity index is 1.89. The van der Waals surface area contributed by atoms with E-state index in [-0.39, 0.29) is 52.2 Å². The number of carbonyl (C=O) groups excluding carboxylic acids is 2. The van der Waals surface area contributed by atoms with E-state index in [1.807, 2.05) is 13.8 Å². The molecule has 0 bridgehead atoms. The summed E-state index contributed by atoms with van der Waals surface area (Å²) in [6, 6.07) is 9.49. The van der Waals surface area contributed by atoms with Gasteiger partial charge in [-0.05, 0) is 69.1 Å². The molecule has 0 saturated carbocycles. The van der Waals surface area contributed by atoms with Crippen LogP contribution in [0.5, 0.6) is 5.75 Å². The molecule has 40 heavy (non-hydrogen) atoms. The maximum Gasteiger partial charge on any atom is 0.269 e. The molecular weight excluding hydrogens is 575 g/mol. The third-order valence-electron chi connectivity index (χ3n) is 7.14. The van der Waals surface area contributed by atoms with Gasteiger partial charge in [0.2, 0.25) is 11.8 Å². The largest absolute Gasteiger partial charge is 0.495 e. The fourth-order valence-corrected chi connectivity index (χ4v) is 7.38. The molecule has 2 N–H and O–H groups in total. The lowest BCUT2D eigenvalue weighted by molar-refractivity contribution is -0.149. The average Bonchev–Trinajstić information content (AvgIpc) is 2.91. The van der Waals surface area contributed by atoms with Gasteiger partial charge in [0, 0.05) is 35.1 Å². The van der Waals surface area contributed by atoms with Gasteiger partial charge in [0.05, 0.1) is 13.2 Å². The maximum atomic E-state index is 14.5. The monoisotopic (exact) mass is 608 g/mol. The highest BCUT2D eigenvalue weighted by Crippen LogP contribution is 2.40. The van der Waals surface area contributed by atoms with Crippen molar-refractivity contribution in [2.24, 2.45) is 5.73 Å². The smallest absolute Gasteiger partial charge is 0.269 e. The zero-order chi connectivity index (χ0) is 29.2. The molecule has 2 heterocycles. The number of nitrogens with zero attached hydrogens (tertiary/aromatic N) is 3. The van der Waals surface area contributed by atoms with E-state index < -0.39 is 22.1 Å². The molecule has 1 fully saturated rings. The van der Waals surface area contributed by atoms with Gasteiger partial charge in [-0.25, -0.2) is 12.7 Å². The third-order valence-corrected chi connectivity index (χ3v) is 9.51. The Kier molecular flexibility index (Phi) is 9.34. The minimum Gasteiger partial charge on any atom is -0.495 e. The normalized spacial score (nSPS) is 19.7. The van der Waals surface area contributed by atoms with Gasteiger partial charge >= 0.3 is 0 Å². The number of amides is 2. The van der Waals surface area contributed by atoms with Crippen molar-refractivity contribution in [1.82, 2.24) is 14.1 Å². The maximum absolute atomic E-state index is 14.5. The lowest BCUT2D eigenvalue weighted by Crippen LogP contribution is -2.63. The van der Waals surface area contributed by atoms with Crippen molar-refractivity contribution in [2.75, 3.05) is 13.7 Å². The van der Waals surface area contributed by atoms with Crippen molar-refractivity contribution in [3.05, 3.63) is 70.1 Å². The van der Waals surface area contributed by atoms with Gasteiger partial charge in [0.25, 0.3) is 10.0 Å². The zero-order valence-electron chi connectivity index (χ0n) is 22.7. The van der Waals surface area contributed by atoms with Gasteiger partial charge in [-0.1, -0.05) is 41.8 Å². The van der Waals surface area contributed by atoms with Crippen molar-refractivity contribution in [3.63, 3.8) is 0 Å². The van der Waals surface area contributed by atoms with E-state index in [0.717, 1.165) is 5.56 Å². The van der Waals surface area contributed by atoms with Crippen molar-refractivity contribution in [1.29, 1.82) is 0 Å². The molecule has 9 nitrogen and oxygen atoms in total. The number of benzene rings is 2. The summed E-state index contributed by atoms with van der Waals surface area (Å²) >= 11 is 12.3. The predicted molar refractivity (Wildman–Crippen MR) is 154 cm³/mol. The third kappa shape index (κ3) is 5.95. The average molecular weight is 610 g/mol. The van der Waals surface area contributed by atoms with Crippen LogP contribution in [0.1, 0.15) is 45.1 Å². The summed E-state index contributed by atoms with van der Waals surface area (Å²) in [6.45, 7) is 4.13. The molecule has 12 heteroatoms. The number of nitrogens with two attached hydrogens (primary N) is 1. The second kappa shape index (κ2) is 12.4. The number of fused-ring (bicyclic) bond motifs is 1. The zero-order valence-corrected chi connectivity index (χ0v) is 25.0. The fraction of sp³-hybridized carbons (Fsp3) is 0.429. The van der Waals surface area contributed by atoms with Crippen molar-refractivity contribution < 1.29 is 22.7 Å². The number of methoxy groups -OCH3 is 1. The molecule has 0 radical (unpaired) electrons. The number of carbonyl (C=O) groups is 2. The lowest BCUT2D eigenvalue weighted by Gasteiger charge is -2.49. The van der Waals surface area contributed by atoms with E-state index >= 15 is 0 Å². The first-order chi connectivity index (χ1) is 19.0. The lowest BCUT2D eigenvalue weighted by atomic mass is 9.97. The first-order valence-electron chi connectivity index (χ1n) is 13.2. The second-order valence-electron chi connectivity index (χ2n) is 10.2. The van der Waals surface area contributed by atoms with Crippen LogP contribution in [0.2, 0.25) is 10.0 Å². The Morgan fingerprint density at radius 3 is 2.35 bits per heavy atom. The summed E-state index contributed by atoms with van der Waals surface area (Å²) in [5.41, 5.74) is 6.50. The van der Waals surface area contributed by atoms with Crippen LogP contribution in [-0.2, 0) is 26.0 Å². The van der Waals surface area contributed by atoms with Crippen LogP contribution in [-0.4, -0.2) is 66.1 Å². The van der Waals surface area contributed by atoms with E-state index in [2.05, 4.69) is 0 Å². The molecule has 0 aromatic heterocycles. The Labute approximate surface area is 245 Å². The van der Waals surface area contributed by atoms with Crippen molar-refractivity contribution in [2.45, 2.75) is 69.0 Å². The summed E-state index contributed by atoms with van der Waals surface area (Å²) < 4.78 is 35.6. The summed E-state index contributed by atoms with van der Waals surface area (Å²) in [5.74, 6) is -0.353. The highest BCUT2D eigenvalue weighted by atomic mass is 35.5. The van der Waals surface area contributed by atoms with Crippen molar-refractivity contribution in [3.8, 4) is 5.75 Å². The van der Waals surface area contributed by atoms with E-state index in [4.69, 9.17) is 33.7 Å². The van der Waals surface area contributed by atoms with Gasteiger partial charge in [-0.15, -0.1) is 0 Å². The first kappa shape index (κ1) is 30.2. The topological polar surface area (TPSA) is 113 Å². The number of halogens is 2. The molecule has 0 aliphatic carbocycles. The Hall–Kier alpha value is -2.79. The summed E-state index contributed by atoms with van der Waals surface area (Å²) in [5, 5.41) is 0.770. The molecule has 4 rings (SSSR count). The molecule has 1 saturated heterocycles. The SMILES string of the molecule is COc1ccc(Cl)cc1S(=O)(=O)N1C2=CN(C(C)C)C(=O)C(Cc3ccc(Cl)cc3)N2C(=O)CC1CCCCN. The van der Waals surface area contributed by atoms with E-state index in [1.165, 1.54) is 39.5 Å². The molecular formula is C28H34Cl2N4O5S. The number of sulfonamides is 1. The highest BCUT2D eigenvalue weighted by molar-refractivity contribution is 7.89. The van der Waals surface area contributed by atoms with E-state index in [0.29, 0.717) is 30.8 Å². The number of rotatable bonds is 10. The quantitative estimate of drug-likeness (QED) is 0.400. The van der Waals surface area contributed by atoms with Crippen LogP contribution in [0.25, 0.3) is 0 Å². The fourth-order valence-electron chi connectivity index (χ4n) is 5.17. The molecule has 2 unspecified atom stereocenters. The van der Waals surface area contributed by atoms with Crippen LogP contribution in [0.3, 0.4) is 0 Å².